The van der Waals surface area contributed by atoms with Gasteiger partial charge in [0.15, 0.2) is 0 Å². The van der Waals surface area contributed by atoms with Crippen LogP contribution in [0.1, 0.15) is 34.2 Å². The molecule has 0 N–H and O–H groups in total. The quantitative estimate of drug-likeness (QED) is 0.473. The standard InChI is InChI=1S/C23H27ClN2S/c1-5-26(4)11-10-19-12-17(3)20(13-16(19)2)14-23-25-22(15-27-23)18-6-8-21(24)9-7-18/h6-9,12-13,15H,5,10-11,14H2,1-4H3. The van der Waals surface area contributed by atoms with E-state index in [-0.39, 0.29) is 0 Å². The van der Waals surface area contributed by atoms with Crippen LogP contribution < -0.4 is 0 Å². The third-order valence-corrected chi connectivity index (χ3v) is 6.23. The molecule has 1 aromatic heterocycles. The molecule has 142 valence electrons. The highest BCUT2D eigenvalue weighted by Crippen LogP contribution is 2.26. The molecule has 4 heteroatoms. The second kappa shape index (κ2) is 9.01. The summed E-state index contributed by atoms with van der Waals surface area (Å²) in [6, 6.07) is 12.6. The van der Waals surface area contributed by atoms with Crippen molar-refractivity contribution in [3.8, 4) is 11.3 Å². The Morgan fingerprint density at radius 1 is 1.04 bits per heavy atom. The molecule has 0 radical (unpaired) electrons. The van der Waals surface area contributed by atoms with Crippen molar-refractivity contribution in [3.05, 3.63) is 74.1 Å². The maximum Gasteiger partial charge on any atom is 0.0976 e. The molecule has 3 rings (SSSR count). The first-order chi connectivity index (χ1) is 13.0. The minimum Gasteiger partial charge on any atom is -0.306 e. The predicted octanol–water partition coefficient (Wildman–Crippen LogP) is 6.17. The van der Waals surface area contributed by atoms with Gasteiger partial charge in [-0.2, -0.15) is 0 Å². The molecule has 0 fully saturated rings. The fourth-order valence-corrected chi connectivity index (χ4v) is 4.13. The van der Waals surface area contributed by atoms with Crippen molar-refractivity contribution in [2.24, 2.45) is 0 Å². The van der Waals surface area contributed by atoms with Crippen LogP contribution in [-0.2, 0) is 12.8 Å². The molecule has 0 aliphatic heterocycles. The lowest BCUT2D eigenvalue weighted by atomic mass is 9.96. The molecule has 3 aromatic rings. The summed E-state index contributed by atoms with van der Waals surface area (Å²) in [5, 5.41) is 4.04. The van der Waals surface area contributed by atoms with Crippen molar-refractivity contribution in [2.75, 3.05) is 20.1 Å². The molecule has 0 amide bonds. The monoisotopic (exact) mass is 398 g/mol. The van der Waals surface area contributed by atoms with Gasteiger partial charge in [0.2, 0.25) is 0 Å². The Morgan fingerprint density at radius 2 is 1.70 bits per heavy atom. The normalized spacial score (nSPS) is 11.3. The van der Waals surface area contributed by atoms with Crippen molar-refractivity contribution in [3.63, 3.8) is 0 Å². The maximum atomic E-state index is 5.98. The van der Waals surface area contributed by atoms with Crippen molar-refractivity contribution in [1.82, 2.24) is 9.88 Å². The predicted molar refractivity (Wildman–Crippen MR) is 118 cm³/mol. The van der Waals surface area contributed by atoms with Gasteiger partial charge in [-0.25, -0.2) is 4.98 Å². The van der Waals surface area contributed by atoms with E-state index < -0.39 is 0 Å². The van der Waals surface area contributed by atoms with Gasteiger partial charge in [0.1, 0.15) is 0 Å². The fraction of sp³-hybridized carbons (Fsp3) is 0.348. The molecule has 0 saturated carbocycles. The lowest BCUT2D eigenvalue weighted by Crippen LogP contribution is -2.20. The fourth-order valence-electron chi connectivity index (χ4n) is 3.17. The van der Waals surface area contributed by atoms with E-state index in [1.54, 1.807) is 11.3 Å². The van der Waals surface area contributed by atoms with E-state index >= 15 is 0 Å². The van der Waals surface area contributed by atoms with Gasteiger partial charge >= 0.3 is 0 Å². The topological polar surface area (TPSA) is 16.1 Å². The van der Waals surface area contributed by atoms with E-state index in [1.807, 2.05) is 24.3 Å². The van der Waals surface area contributed by atoms with E-state index in [1.165, 1.54) is 22.3 Å². The van der Waals surface area contributed by atoms with Crippen molar-refractivity contribution < 1.29 is 0 Å². The zero-order chi connectivity index (χ0) is 19.4. The number of nitrogens with zero attached hydrogens (tertiary/aromatic N) is 2. The minimum atomic E-state index is 0.755. The highest BCUT2D eigenvalue weighted by molar-refractivity contribution is 7.10. The van der Waals surface area contributed by atoms with E-state index in [2.05, 4.69) is 50.2 Å². The van der Waals surface area contributed by atoms with Gasteiger partial charge < -0.3 is 4.90 Å². The smallest absolute Gasteiger partial charge is 0.0976 e. The third kappa shape index (κ3) is 5.19. The Kier molecular flexibility index (Phi) is 6.69. The van der Waals surface area contributed by atoms with Crippen LogP contribution in [0.25, 0.3) is 11.3 Å². The Labute approximate surface area is 171 Å². The molecule has 0 bridgehead atoms. The molecule has 0 unspecified atom stereocenters. The average molecular weight is 399 g/mol. The second-order valence-corrected chi connectivity index (χ2v) is 8.54. The molecule has 0 aliphatic rings. The van der Waals surface area contributed by atoms with Gasteiger partial charge in [0.05, 0.1) is 10.7 Å². The summed E-state index contributed by atoms with van der Waals surface area (Å²) in [6.45, 7) is 8.84. The summed E-state index contributed by atoms with van der Waals surface area (Å²) in [4.78, 5) is 7.20. The molecule has 2 aromatic carbocycles. The summed E-state index contributed by atoms with van der Waals surface area (Å²) in [6.07, 6.45) is 2.00. The van der Waals surface area contributed by atoms with Crippen LogP contribution in [-0.4, -0.2) is 30.0 Å². The molecular formula is C23H27ClN2S. The second-order valence-electron chi connectivity index (χ2n) is 7.16. The van der Waals surface area contributed by atoms with Gasteiger partial charge in [-0.3, -0.25) is 0 Å². The number of benzene rings is 2. The molecule has 2 nitrogen and oxygen atoms in total. The highest BCUT2D eigenvalue weighted by Gasteiger charge is 2.10. The first kappa shape index (κ1) is 20.1. The lowest BCUT2D eigenvalue weighted by Gasteiger charge is -2.16. The van der Waals surface area contributed by atoms with Crippen molar-refractivity contribution in [1.29, 1.82) is 0 Å². The van der Waals surface area contributed by atoms with E-state index in [4.69, 9.17) is 16.6 Å². The maximum absolute atomic E-state index is 5.98. The first-order valence-electron chi connectivity index (χ1n) is 9.44. The summed E-state index contributed by atoms with van der Waals surface area (Å²) in [5.41, 5.74) is 7.72. The number of likely N-dealkylation sites (N-methyl/N-ethyl adjacent to an activating group) is 1. The molecule has 0 atom stereocenters. The molecule has 0 saturated heterocycles. The van der Waals surface area contributed by atoms with Crippen LogP contribution in [0, 0.1) is 13.8 Å². The number of hydrogen-bond donors (Lipinski definition) is 0. The zero-order valence-electron chi connectivity index (χ0n) is 16.6. The summed E-state index contributed by atoms with van der Waals surface area (Å²) in [5.74, 6) is 0. The van der Waals surface area contributed by atoms with Crippen LogP contribution in [0.4, 0.5) is 0 Å². The van der Waals surface area contributed by atoms with Crippen LogP contribution in [0.3, 0.4) is 0 Å². The minimum absolute atomic E-state index is 0.755. The number of hydrogen-bond acceptors (Lipinski definition) is 3. The van der Waals surface area contributed by atoms with Crippen LogP contribution in [0.2, 0.25) is 5.02 Å². The van der Waals surface area contributed by atoms with Gasteiger partial charge in [-0.15, -0.1) is 11.3 Å². The molecule has 27 heavy (non-hydrogen) atoms. The van der Waals surface area contributed by atoms with Crippen LogP contribution in [0.15, 0.2) is 41.8 Å². The summed E-state index contributed by atoms with van der Waals surface area (Å²) < 4.78 is 0. The van der Waals surface area contributed by atoms with Crippen LogP contribution in [0.5, 0.6) is 0 Å². The Morgan fingerprint density at radius 3 is 2.41 bits per heavy atom. The van der Waals surface area contributed by atoms with E-state index in [9.17, 15) is 0 Å². The molecule has 0 aliphatic carbocycles. The Balaban J connectivity index is 1.74. The summed E-state index contributed by atoms with van der Waals surface area (Å²) in [7, 11) is 2.18. The molecule has 0 spiro atoms. The van der Waals surface area contributed by atoms with Crippen molar-refractivity contribution >= 4 is 22.9 Å². The highest BCUT2D eigenvalue weighted by atomic mass is 35.5. The van der Waals surface area contributed by atoms with Gasteiger partial charge in [-0.05, 0) is 68.2 Å². The summed E-state index contributed by atoms with van der Waals surface area (Å²) >= 11 is 7.71. The molecular weight excluding hydrogens is 372 g/mol. The molecule has 1 heterocycles. The SMILES string of the molecule is CCN(C)CCc1cc(C)c(Cc2nc(-c3ccc(Cl)cc3)cs2)cc1C. The van der Waals surface area contributed by atoms with Crippen molar-refractivity contribution in [2.45, 2.75) is 33.6 Å². The average Bonchev–Trinajstić information content (AvgIpc) is 3.12. The number of aryl methyl sites for hydroxylation is 2. The van der Waals surface area contributed by atoms with Gasteiger partial charge in [-0.1, -0.05) is 42.8 Å². The number of thiazole rings is 1. The Bertz CT molecular complexity index is 899. The third-order valence-electron chi connectivity index (χ3n) is 5.13. The first-order valence-corrected chi connectivity index (χ1v) is 10.7. The largest absolute Gasteiger partial charge is 0.306 e. The number of rotatable bonds is 7. The number of aromatic nitrogens is 1. The van der Waals surface area contributed by atoms with E-state index in [0.29, 0.717) is 0 Å². The van der Waals surface area contributed by atoms with Gasteiger partial charge in [0, 0.05) is 28.9 Å². The Hall–Kier alpha value is -1.68. The van der Waals surface area contributed by atoms with Crippen LogP contribution >= 0.6 is 22.9 Å². The zero-order valence-corrected chi connectivity index (χ0v) is 18.1. The lowest BCUT2D eigenvalue weighted by molar-refractivity contribution is 0.357. The van der Waals surface area contributed by atoms with Gasteiger partial charge in [0.25, 0.3) is 0 Å². The van der Waals surface area contributed by atoms with E-state index in [0.717, 1.165) is 47.2 Å². The number of halogens is 1.